The van der Waals surface area contributed by atoms with Gasteiger partial charge < -0.3 is 0 Å². The lowest BCUT2D eigenvalue weighted by Crippen LogP contribution is -2.15. The maximum Gasteiger partial charge on any atom is 0.178 e. The number of pyridine rings is 1. The van der Waals surface area contributed by atoms with E-state index < -0.39 is 22.7 Å². The Labute approximate surface area is 127 Å². The molecule has 1 aromatic carbocycles. The molecule has 1 heterocycles. The van der Waals surface area contributed by atoms with Crippen LogP contribution in [0.15, 0.2) is 46.0 Å². The quantitative estimate of drug-likeness (QED) is 0.596. The third-order valence-corrected chi connectivity index (χ3v) is 4.08. The molecule has 2 aromatic rings. The van der Waals surface area contributed by atoms with Gasteiger partial charge in [-0.15, -0.1) is 0 Å². The van der Waals surface area contributed by atoms with E-state index in [2.05, 4.69) is 20.9 Å². The van der Waals surface area contributed by atoms with E-state index in [1.807, 2.05) is 6.07 Å². The van der Waals surface area contributed by atoms with Gasteiger partial charge in [0.2, 0.25) is 0 Å². The zero-order valence-electron chi connectivity index (χ0n) is 10.4. The van der Waals surface area contributed by atoms with Gasteiger partial charge in [0.05, 0.1) is 15.8 Å². The lowest BCUT2D eigenvalue weighted by molar-refractivity contribution is 0.0990. The maximum atomic E-state index is 13.6. The lowest BCUT2D eigenvalue weighted by Gasteiger charge is -2.10. The molecule has 2 rings (SSSR count). The van der Waals surface area contributed by atoms with Crippen molar-refractivity contribution < 1.29 is 13.6 Å². The Hall–Kier alpha value is -1.27. The molecular formula is C14H10BrF2NOS. The molecule has 1 unspecified atom stereocenters. The minimum absolute atomic E-state index is 0.108. The molecule has 2 nitrogen and oxygen atoms in total. The molecule has 0 N–H and O–H groups in total. The molecule has 0 fully saturated rings. The minimum Gasteiger partial charge on any atom is -0.293 e. The zero-order chi connectivity index (χ0) is 14.7. The van der Waals surface area contributed by atoms with Gasteiger partial charge in [-0.2, -0.15) is 0 Å². The summed E-state index contributed by atoms with van der Waals surface area (Å²) in [5, 5.41) is 0.153. The summed E-state index contributed by atoms with van der Waals surface area (Å²) in [5.74, 6) is -1.93. The first kappa shape index (κ1) is 15.1. The molecule has 0 amide bonds. The van der Waals surface area contributed by atoms with Gasteiger partial charge >= 0.3 is 0 Å². The van der Waals surface area contributed by atoms with Crippen molar-refractivity contribution in [3.05, 3.63) is 58.2 Å². The SMILES string of the molecule is CC(Sc1ccc(Br)cn1)C(=O)c1ccc(F)cc1F. The molecule has 1 atom stereocenters. The largest absolute Gasteiger partial charge is 0.293 e. The number of aromatic nitrogens is 1. The number of rotatable bonds is 4. The van der Waals surface area contributed by atoms with Crippen LogP contribution in [0.3, 0.4) is 0 Å². The molecule has 1 aromatic heterocycles. The summed E-state index contributed by atoms with van der Waals surface area (Å²) in [5.41, 5.74) is -0.108. The van der Waals surface area contributed by atoms with Gasteiger partial charge in [-0.05, 0) is 47.1 Å². The molecule has 0 bridgehead atoms. The van der Waals surface area contributed by atoms with E-state index in [1.165, 1.54) is 17.8 Å². The van der Waals surface area contributed by atoms with Crippen molar-refractivity contribution in [1.82, 2.24) is 4.98 Å². The maximum absolute atomic E-state index is 13.6. The topological polar surface area (TPSA) is 30.0 Å². The average Bonchev–Trinajstić information content (AvgIpc) is 2.40. The van der Waals surface area contributed by atoms with Gasteiger partial charge in [-0.1, -0.05) is 11.8 Å². The molecule has 0 spiro atoms. The van der Waals surface area contributed by atoms with Crippen LogP contribution in [0.25, 0.3) is 0 Å². The van der Waals surface area contributed by atoms with E-state index in [9.17, 15) is 13.6 Å². The Bertz CT molecular complexity index is 634. The van der Waals surface area contributed by atoms with Gasteiger partial charge in [-0.25, -0.2) is 13.8 Å². The standard InChI is InChI=1S/C14H10BrF2NOS/c1-8(20-13-5-2-9(15)7-18-13)14(19)11-4-3-10(16)6-12(11)17/h2-8H,1H3. The molecule has 0 radical (unpaired) electrons. The van der Waals surface area contributed by atoms with Crippen LogP contribution in [0.1, 0.15) is 17.3 Å². The molecule has 0 aliphatic carbocycles. The van der Waals surface area contributed by atoms with Crippen LogP contribution in [0.2, 0.25) is 0 Å². The highest BCUT2D eigenvalue weighted by Crippen LogP contribution is 2.25. The van der Waals surface area contributed by atoms with Gasteiger partial charge in [0.15, 0.2) is 5.78 Å². The third kappa shape index (κ3) is 3.64. The second kappa shape index (κ2) is 6.45. The van der Waals surface area contributed by atoms with E-state index in [1.54, 1.807) is 19.2 Å². The van der Waals surface area contributed by atoms with Gasteiger partial charge in [0.25, 0.3) is 0 Å². The summed E-state index contributed by atoms with van der Waals surface area (Å²) in [6.07, 6.45) is 1.62. The molecule has 0 saturated carbocycles. The zero-order valence-corrected chi connectivity index (χ0v) is 12.8. The highest BCUT2D eigenvalue weighted by atomic mass is 79.9. The Morgan fingerprint density at radius 1 is 1.30 bits per heavy atom. The number of benzene rings is 1. The first-order valence-corrected chi connectivity index (χ1v) is 7.42. The van der Waals surface area contributed by atoms with Crippen molar-refractivity contribution in [2.75, 3.05) is 0 Å². The smallest absolute Gasteiger partial charge is 0.178 e. The summed E-state index contributed by atoms with van der Waals surface area (Å²) in [7, 11) is 0. The van der Waals surface area contributed by atoms with E-state index in [0.29, 0.717) is 11.1 Å². The first-order valence-electron chi connectivity index (χ1n) is 5.75. The van der Waals surface area contributed by atoms with E-state index in [0.717, 1.165) is 10.5 Å². The summed E-state index contributed by atoms with van der Waals surface area (Å²) in [6.45, 7) is 1.67. The van der Waals surface area contributed by atoms with Crippen LogP contribution < -0.4 is 0 Å². The molecule has 0 aliphatic rings. The lowest BCUT2D eigenvalue weighted by atomic mass is 10.1. The number of carbonyl (C=O) groups is 1. The fourth-order valence-electron chi connectivity index (χ4n) is 1.57. The molecular weight excluding hydrogens is 348 g/mol. The fourth-order valence-corrected chi connectivity index (χ4v) is 2.67. The Balaban J connectivity index is 2.14. The minimum atomic E-state index is -0.841. The second-order valence-corrected chi connectivity index (χ2v) is 6.34. The number of hydrogen-bond acceptors (Lipinski definition) is 3. The number of ketones is 1. The summed E-state index contributed by atoms with van der Waals surface area (Å²) in [6, 6.07) is 6.53. The van der Waals surface area contributed by atoms with Crippen molar-refractivity contribution in [2.45, 2.75) is 17.2 Å². The number of hydrogen-bond donors (Lipinski definition) is 0. The average molecular weight is 358 g/mol. The van der Waals surface area contributed by atoms with Crippen molar-refractivity contribution in [3.8, 4) is 0 Å². The first-order chi connectivity index (χ1) is 9.47. The van der Waals surface area contributed by atoms with Gasteiger partial charge in [-0.3, -0.25) is 4.79 Å². The third-order valence-electron chi connectivity index (χ3n) is 2.56. The highest BCUT2D eigenvalue weighted by molar-refractivity contribution is 9.10. The molecule has 20 heavy (non-hydrogen) atoms. The van der Waals surface area contributed by atoms with Gasteiger partial charge in [0.1, 0.15) is 11.6 Å². The van der Waals surface area contributed by atoms with Crippen molar-refractivity contribution >= 4 is 33.5 Å². The number of nitrogens with zero attached hydrogens (tertiary/aromatic N) is 1. The predicted octanol–water partition coefficient (Wildman–Crippen LogP) is 4.49. The van der Waals surface area contributed by atoms with Gasteiger partial charge in [0, 0.05) is 16.7 Å². The highest BCUT2D eigenvalue weighted by Gasteiger charge is 2.20. The summed E-state index contributed by atoms with van der Waals surface area (Å²) >= 11 is 4.50. The molecule has 6 heteroatoms. The van der Waals surface area contributed by atoms with Crippen LogP contribution in [0, 0.1) is 11.6 Å². The van der Waals surface area contributed by atoms with E-state index in [4.69, 9.17) is 0 Å². The normalized spacial score (nSPS) is 12.2. The summed E-state index contributed by atoms with van der Waals surface area (Å²) < 4.78 is 27.2. The van der Waals surface area contributed by atoms with Crippen LogP contribution in [-0.4, -0.2) is 16.0 Å². The Morgan fingerprint density at radius 2 is 2.05 bits per heavy atom. The number of Topliss-reactive ketones (excluding diaryl/α,β-unsaturated/α-hetero) is 1. The van der Waals surface area contributed by atoms with Crippen LogP contribution in [-0.2, 0) is 0 Å². The monoisotopic (exact) mass is 357 g/mol. The predicted molar refractivity (Wildman–Crippen MR) is 77.9 cm³/mol. The molecule has 104 valence electrons. The van der Waals surface area contributed by atoms with E-state index >= 15 is 0 Å². The van der Waals surface area contributed by atoms with Crippen molar-refractivity contribution in [3.63, 3.8) is 0 Å². The second-order valence-electron chi connectivity index (χ2n) is 4.06. The van der Waals surface area contributed by atoms with E-state index in [-0.39, 0.29) is 5.56 Å². The molecule has 0 aliphatic heterocycles. The number of halogens is 3. The summed E-state index contributed by atoms with van der Waals surface area (Å²) in [4.78, 5) is 16.3. The number of thioether (sulfide) groups is 1. The Kier molecular flexibility index (Phi) is 4.88. The van der Waals surface area contributed by atoms with Crippen molar-refractivity contribution in [1.29, 1.82) is 0 Å². The van der Waals surface area contributed by atoms with Crippen LogP contribution >= 0.6 is 27.7 Å². The number of carbonyl (C=O) groups excluding carboxylic acids is 1. The fraction of sp³-hybridized carbons (Fsp3) is 0.143. The Morgan fingerprint density at radius 3 is 2.65 bits per heavy atom. The van der Waals surface area contributed by atoms with Crippen LogP contribution in [0.5, 0.6) is 0 Å². The molecule has 0 saturated heterocycles. The van der Waals surface area contributed by atoms with Crippen LogP contribution in [0.4, 0.5) is 8.78 Å². The van der Waals surface area contributed by atoms with Crippen molar-refractivity contribution in [2.24, 2.45) is 0 Å².